The zero-order valence-electron chi connectivity index (χ0n) is 9.93. The summed E-state index contributed by atoms with van der Waals surface area (Å²) in [7, 11) is 0. The van der Waals surface area contributed by atoms with Crippen LogP contribution >= 0.6 is 11.5 Å². The van der Waals surface area contributed by atoms with Gasteiger partial charge in [0.1, 0.15) is 5.41 Å². The third-order valence-corrected chi connectivity index (χ3v) is 3.03. The lowest BCUT2D eigenvalue weighted by Crippen LogP contribution is -2.35. The first-order chi connectivity index (χ1) is 8.18. The first kappa shape index (κ1) is 13.5. The molecular weight excluding hydrogens is 238 g/mol. The van der Waals surface area contributed by atoms with E-state index >= 15 is 0 Å². The normalized spacial score (nSPS) is 10.9. The van der Waals surface area contributed by atoms with E-state index in [-0.39, 0.29) is 5.91 Å². The molecule has 92 valence electrons. The fourth-order valence-electron chi connectivity index (χ4n) is 1.77. The molecule has 0 bridgehead atoms. The predicted molar refractivity (Wildman–Crippen MR) is 64.2 cm³/mol. The van der Waals surface area contributed by atoms with Crippen molar-refractivity contribution in [1.29, 1.82) is 5.26 Å². The van der Waals surface area contributed by atoms with Crippen molar-refractivity contribution >= 4 is 22.6 Å². The van der Waals surface area contributed by atoms with Crippen LogP contribution in [-0.4, -0.2) is 20.7 Å². The van der Waals surface area contributed by atoms with Crippen LogP contribution in [0.2, 0.25) is 0 Å². The number of carbonyl (C=O) groups is 1. The largest absolute Gasteiger partial charge is 0.298 e. The molecular formula is C10H15N5OS. The van der Waals surface area contributed by atoms with E-state index in [2.05, 4.69) is 26.2 Å². The maximum absolute atomic E-state index is 12.1. The summed E-state index contributed by atoms with van der Waals surface area (Å²) in [5, 5.41) is 19.3. The average Bonchev–Trinajstić information content (AvgIpc) is 2.81. The van der Waals surface area contributed by atoms with Gasteiger partial charge in [-0.25, -0.2) is 0 Å². The van der Waals surface area contributed by atoms with Crippen LogP contribution < -0.4 is 5.32 Å². The second-order valence-corrected chi connectivity index (χ2v) is 4.55. The van der Waals surface area contributed by atoms with E-state index in [1.54, 1.807) is 0 Å². The maximum Gasteiger partial charge on any atom is 0.246 e. The molecule has 1 heterocycles. The van der Waals surface area contributed by atoms with Crippen molar-refractivity contribution in [3.05, 3.63) is 0 Å². The number of nitrogens with zero attached hydrogens (tertiary/aromatic N) is 4. The van der Waals surface area contributed by atoms with Gasteiger partial charge in [-0.05, 0) is 18.1 Å². The SMILES string of the molecule is CCCC(C#N)(CCC)C(=O)Nc1nnns1. The van der Waals surface area contributed by atoms with Gasteiger partial charge in [-0.1, -0.05) is 36.3 Å². The Morgan fingerprint density at radius 3 is 2.53 bits per heavy atom. The van der Waals surface area contributed by atoms with Crippen LogP contribution in [0, 0.1) is 16.7 Å². The van der Waals surface area contributed by atoms with Gasteiger partial charge in [0.05, 0.1) is 6.07 Å². The van der Waals surface area contributed by atoms with Gasteiger partial charge in [0.25, 0.3) is 0 Å². The lowest BCUT2D eigenvalue weighted by Gasteiger charge is -2.23. The van der Waals surface area contributed by atoms with E-state index in [0.717, 1.165) is 24.4 Å². The Kier molecular flexibility index (Phi) is 4.97. The van der Waals surface area contributed by atoms with Crippen LogP contribution in [0.25, 0.3) is 0 Å². The number of amides is 1. The summed E-state index contributed by atoms with van der Waals surface area (Å²) in [6.07, 6.45) is 2.68. The standard InChI is InChI=1S/C10H15N5OS/c1-3-5-10(7-11,6-4-2)8(16)12-9-13-14-15-17-9/h3-6H2,1-2H3,(H,12,13,15,16). The molecule has 0 unspecified atom stereocenters. The topological polar surface area (TPSA) is 91.6 Å². The summed E-state index contributed by atoms with van der Waals surface area (Å²) < 4.78 is 3.56. The van der Waals surface area contributed by atoms with Gasteiger partial charge >= 0.3 is 0 Å². The monoisotopic (exact) mass is 253 g/mol. The zero-order chi connectivity index (χ0) is 12.7. The Balaban J connectivity index is 2.82. The van der Waals surface area contributed by atoms with E-state index in [9.17, 15) is 10.1 Å². The lowest BCUT2D eigenvalue weighted by atomic mass is 9.80. The highest BCUT2D eigenvalue weighted by molar-refractivity contribution is 7.09. The molecule has 0 aromatic carbocycles. The first-order valence-corrected chi connectivity index (χ1v) is 6.33. The molecule has 0 saturated heterocycles. The van der Waals surface area contributed by atoms with Crippen molar-refractivity contribution in [2.45, 2.75) is 39.5 Å². The Morgan fingerprint density at radius 1 is 1.47 bits per heavy atom. The van der Waals surface area contributed by atoms with E-state index in [0.29, 0.717) is 18.0 Å². The fraction of sp³-hybridized carbons (Fsp3) is 0.700. The van der Waals surface area contributed by atoms with Crippen LogP contribution in [0.1, 0.15) is 39.5 Å². The van der Waals surface area contributed by atoms with Crippen molar-refractivity contribution in [1.82, 2.24) is 14.8 Å². The van der Waals surface area contributed by atoms with Crippen LogP contribution in [-0.2, 0) is 4.79 Å². The lowest BCUT2D eigenvalue weighted by molar-refractivity contribution is -0.123. The quantitative estimate of drug-likeness (QED) is 0.837. The van der Waals surface area contributed by atoms with Crippen molar-refractivity contribution in [2.24, 2.45) is 5.41 Å². The minimum absolute atomic E-state index is 0.303. The smallest absolute Gasteiger partial charge is 0.246 e. The van der Waals surface area contributed by atoms with Crippen LogP contribution in [0.5, 0.6) is 0 Å². The number of anilines is 1. The molecule has 0 aliphatic rings. The first-order valence-electron chi connectivity index (χ1n) is 5.56. The molecule has 0 aliphatic carbocycles. The van der Waals surface area contributed by atoms with Crippen LogP contribution in [0.4, 0.5) is 5.13 Å². The summed E-state index contributed by atoms with van der Waals surface area (Å²) in [6, 6.07) is 2.15. The van der Waals surface area contributed by atoms with Crippen molar-refractivity contribution in [3.63, 3.8) is 0 Å². The van der Waals surface area contributed by atoms with Gasteiger partial charge in [-0.15, -0.1) is 0 Å². The van der Waals surface area contributed by atoms with Gasteiger partial charge in [-0.3, -0.25) is 10.1 Å². The predicted octanol–water partition coefficient (Wildman–Crippen LogP) is 1.98. The summed E-state index contributed by atoms with van der Waals surface area (Å²) in [5.41, 5.74) is -0.963. The van der Waals surface area contributed by atoms with Crippen molar-refractivity contribution in [3.8, 4) is 6.07 Å². The van der Waals surface area contributed by atoms with Crippen LogP contribution in [0.15, 0.2) is 0 Å². The highest BCUT2D eigenvalue weighted by Gasteiger charge is 2.37. The Labute approximate surface area is 104 Å². The number of nitrogens with one attached hydrogen (secondary N) is 1. The van der Waals surface area contributed by atoms with E-state index in [1.807, 2.05) is 13.8 Å². The molecule has 0 aliphatic heterocycles. The van der Waals surface area contributed by atoms with Gasteiger partial charge in [0.15, 0.2) is 0 Å². The van der Waals surface area contributed by atoms with E-state index in [4.69, 9.17) is 0 Å². The molecule has 0 radical (unpaired) electrons. The molecule has 1 aromatic heterocycles. The number of hydrogen-bond donors (Lipinski definition) is 1. The average molecular weight is 253 g/mol. The molecule has 1 aromatic rings. The Morgan fingerprint density at radius 2 is 2.12 bits per heavy atom. The maximum atomic E-state index is 12.1. The summed E-state index contributed by atoms with van der Waals surface area (Å²) >= 11 is 1.00. The summed E-state index contributed by atoms with van der Waals surface area (Å²) in [5.74, 6) is -0.303. The Bertz CT molecular complexity index is 391. The van der Waals surface area contributed by atoms with Gasteiger partial charge in [0, 0.05) is 11.5 Å². The third kappa shape index (κ3) is 3.20. The van der Waals surface area contributed by atoms with Crippen molar-refractivity contribution < 1.29 is 4.79 Å². The second-order valence-electron chi connectivity index (χ2n) is 3.82. The highest BCUT2D eigenvalue weighted by Crippen LogP contribution is 2.30. The molecule has 1 rings (SSSR count). The molecule has 0 fully saturated rings. The third-order valence-electron chi connectivity index (χ3n) is 2.52. The fourth-order valence-corrected chi connectivity index (χ4v) is 2.13. The highest BCUT2D eigenvalue weighted by atomic mass is 32.1. The number of nitriles is 1. The molecule has 0 saturated carbocycles. The summed E-state index contributed by atoms with van der Waals surface area (Å²) in [4.78, 5) is 12.1. The molecule has 1 amide bonds. The molecule has 6 nitrogen and oxygen atoms in total. The molecule has 0 spiro atoms. The zero-order valence-corrected chi connectivity index (χ0v) is 10.8. The molecule has 0 atom stereocenters. The van der Waals surface area contributed by atoms with E-state index < -0.39 is 5.41 Å². The minimum Gasteiger partial charge on any atom is -0.298 e. The van der Waals surface area contributed by atoms with Gasteiger partial charge in [0.2, 0.25) is 11.0 Å². The number of hydrogen-bond acceptors (Lipinski definition) is 6. The second kappa shape index (κ2) is 6.25. The van der Waals surface area contributed by atoms with Gasteiger partial charge in [-0.2, -0.15) is 5.26 Å². The minimum atomic E-state index is -0.963. The number of rotatable bonds is 6. The number of carbonyl (C=O) groups excluding carboxylic acids is 1. The number of aromatic nitrogens is 3. The Hall–Kier alpha value is -1.55. The molecule has 1 N–H and O–H groups in total. The summed E-state index contributed by atoms with van der Waals surface area (Å²) in [6.45, 7) is 3.92. The van der Waals surface area contributed by atoms with Gasteiger partial charge < -0.3 is 0 Å². The molecule has 17 heavy (non-hydrogen) atoms. The van der Waals surface area contributed by atoms with E-state index in [1.165, 1.54) is 0 Å². The molecule has 7 heteroatoms. The van der Waals surface area contributed by atoms with Crippen LogP contribution in [0.3, 0.4) is 0 Å². The van der Waals surface area contributed by atoms with Crippen molar-refractivity contribution in [2.75, 3.05) is 5.32 Å².